The van der Waals surface area contributed by atoms with E-state index >= 15 is 0 Å². The zero-order valence-electron chi connectivity index (χ0n) is 10.4. The fourth-order valence-corrected chi connectivity index (χ4v) is 1.73. The summed E-state index contributed by atoms with van der Waals surface area (Å²) in [5, 5.41) is 0. The molecule has 0 unspecified atom stereocenters. The van der Waals surface area contributed by atoms with Crippen molar-refractivity contribution in [1.82, 2.24) is 0 Å². The average Bonchev–Trinajstić information content (AvgIpc) is 2.41. The first kappa shape index (κ1) is 13.9. The molecule has 0 saturated carbocycles. The first-order valence-electron chi connectivity index (χ1n) is 5.56. The molecule has 104 valence electrons. The lowest BCUT2D eigenvalue weighted by Crippen LogP contribution is -2.09. The van der Waals surface area contributed by atoms with Crippen LogP contribution < -0.4 is 10.5 Å². The maximum Gasteiger partial charge on any atom is 0.199 e. The number of benzene rings is 2. The predicted molar refractivity (Wildman–Crippen MR) is 67.2 cm³/mol. The highest BCUT2D eigenvalue weighted by Gasteiger charge is 2.20. The topological polar surface area (TPSA) is 52.3 Å². The largest absolute Gasteiger partial charge is 0.497 e. The zero-order valence-corrected chi connectivity index (χ0v) is 10.4. The van der Waals surface area contributed by atoms with Crippen LogP contribution in [0.5, 0.6) is 5.75 Å². The molecule has 0 atom stereocenters. The van der Waals surface area contributed by atoms with E-state index in [1.807, 2.05) is 0 Å². The zero-order chi connectivity index (χ0) is 14.9. The molecule has 0 fully saturated rings. The summed E-state index contributed by atoms with van der Waals surface area (Å²) in [6.07, 6.45) is 0. The number of hydrogen-bond donors (Lipinski definition) is 1. The molecule has 0 saturated heterocycles. The van der Waals surface area contributed by atoms with Crippen LogP contribution in [0.3, 0.4) is 0 Å². The number of ether oxygens (including phenoxy) is 1. The molecule has 3 nitrogen and oxygen atoms in total. The normalized spacial score (nSPS) is 10.4. The highest BCUT2D eigenvalue weighted by molar-refractivity contribution is 6.09. The van der Waals surface area contributed by atoms with Crippen LogP contribution in [0.1, 0.15) is 15.9 Å². The minimum Gasteiger partial charge on any atom is -0.497 e. The van der Waals surface area contributed by atoms with Gasteiger partial charge >= 0.3 is 0 Å². The van der Waals surface area contributed by atoms with E-state index < -0.39 is 40.0 Å². The molecule has 0 aromatic heterocycles. The Bertz CT molecular complexity index is 686. The van der Waals surface area contributed by atoms with Crippen molar-refractivity contribution in [2.75, 3.05) is 12.8 Å². The molecule has 0 radical (unpaired) electrons. The second-order valence-corrected chi connectivity index (χ2v) is 4.03. The van der Waals surface area contributed by atoms with E-state index in [9.17, 15) is 18.0 Å². The van der Waals surface area contributed by atoms with Gasteiger partial charge in [0.15, 0.2) is 11.6 Å². The molecule has 20 heavy (non-hydrogen) atoms. The number of ketones is 1. The van der Waals surface area contributed by atoms with Gasteiger partial charge in [0.2, 0.25) is 0 Å². The van der Waals surface area contributed by atoms with E-state index in [4.69, 9.17) is 10.5 Å². The Kier molecular flexibility index (Phi) is 3.65. The van der Waals surface area contributed by atoms with Gasteiger partial charge in [-0.25, -0.2) is 13.2 Å². The molecule has 2 aromatic carbocycles. The third-order valence-electron chi connectivity index (χ3n) is 2.73. The number of carbonyl (C=O) groups is 1. The highest BCUT2D eigenvalue weighted by Crippen LogP contribution is 2.23. The van der Waals surface area contributed by atoms with Crippen molar-refractivity contribution in [2.45, 2.75) is 0 Å². The van der Waals surface area contributed by atoms with Crippen molar-refractivity contribution in [1.29, 1.82) is 0 Å². The first-order valence-corrected chi connectivity index (χ1v) is 5.56. The van der Waals surface area contributed by atoms with E-state index in [0.29, 0.717) is 6.07 Å². The third kappa shape index (κ3) is 2.45. The Balaban J connectivity index is 2.52. The van der Waals surface area contributed by atoms with Crippen LogP contribution >= 0.6 is 0 Å². The molecule has 0 spiro atoms. The molecule has 2 N–H and O–H groups in total. The monoisotopic (exact) mass is 281 g/mol. The standard InChI is InChI=1S/C14H10F3NO2/c1-20-8-2-3-9(11(16)6-8)14(19)10-4-7(15)5-12(18)13(10)17/h2-6H,18H2,1H3. The van der Waals surface area contributed by atoms with Gasteiger partial charge in [0, 0.05) is 6.07 Å². The van der Waals surface area contributed by atoms with Gasteiger partial charge in [-0.3, -0.25) is 4.79 Å². The molecule has 6 heteroatoms. The number of carbonyl (C=O) groups excluding carboxylic acids is 1. The number of halogens is 3. The summed E-state index contributed by atoms with van der Waals surface area (Å²) in [4.78, 5) is 12.0. The summed E-state index contributed by atoms with van der Waals surface area (Å²) in [7, 11) is 1.34. The lowest BCUT2D eigenvalue weighted by atomic mass is 10.0. The van der Waals surface area contributed by atoms with Gasteiger partial charge in [0.05, 0.1) is 23.9 Å². The molecular weight excluding hydrogens is 271 g/mol. The third-order valence-corrected chi connectivity index (χ3v) is 2.73. The Morgan fingerprint density at radius 2 is 1.80 bits per heavy atom. The van der Waals surface area contributed by atoms with Gasteiger partial charge < -0.3 is 10.5 Å². The van der Waals surface area contributed by atoms with Crippen LogP contribution in [0.2, 0.25) is 0 Å². The van der Waals surface area contributed by atoms with Gasteiger partial charge in [-0.15, -0.1) is 0 Å². The van der Waals surface area contributed by atoms with Crippen molar-refractivity contribution in [2.24, 2.45) is 0 Å². The molecule has 0 aliphatic heterocycles. The summed E-state index contributed by atoms with van der Waals surface area (Å²) < 4.78 is 45.5. The van der Waals surface area contributed by atoms with Crippen LogP contribution in [0.25, 0.3) is 0 Å². The Morgan fingerprint density at radius 3 is 2.40 bits per heavy atom. The Morgan fingerprint density at radius 1 is 1.10 bits per heavy atom. The smallest absolute Gasteiger partial charge is 0.199 e. The summed E-state index contributed by atoms with van der Waals surface area (Å²) in [5.41, 5.74) is 3.72. The minimum atomic E-state index is -1.08. The van der Waals surface area contributed by atoms with Crippen LogP contribution in [-0.2, 0) is 0 Å². The molecule has 2 rings (SSSR count). The number of rotatable bonds is 3. The fraction of sp³-hybridized carbons (Fsp3) is 0.0714. The van der Waals surface area contributed by atoms with Crippen molar-refractivity contribution >= 4 is 11.5 Å². The SMILES string of the molecule is COc1ccc(C(=O)c2cc(F)cc(N)c2F)c(F)c1. The first-order chi connectivity index (χ1) is 9.43. The molecule has 0 heterocycles. The number of methoxy groups -OCH3 is 1. The van der Waals surface area contributed by atoms with Crippen LogP contribution in [0, 0.1) is 17.5 Å². The second-order valence-electron chi connectivity index (χ2n) is 4.03. The average molecular weight is 281 g/mol. The summed E-state index contributed by atoms with van der Waals surface area (Å²) in [6.45, 7) is 0. The molecule has 0 bridgehead atoms. The minimum absolute atomic E-state index is 0.207. The molecule has 0 aliphatic rings. The lowest BCUT2D eigenvalue weighted by molar-refractivity contribution is 0.103. The van der Waals surface area contributed by atoms with Gasteiger partial charge in [-0.1, -0.05) is 0 Å². The van der Waals surface area contributed by atoms with Crippen LogP contribution in [0.4, 0.5) is 18.9 Å². The lowest BCUT2D eigenvalue weighted by Gasteiger charge is -2.07. The van der Waals surface area contributed by atoms with E-state index in [-0.39, 0.29) is 5.75 Å². The Labute approximate surface area is 112 Å². The predicted octanol–water partition coefficient (Wildman–Crippen LogP) is 2.93. The van der Waals surface area contributed by atoms with Crippen molar-refractivity contribution in [3.8, 4) is 5.75 Å². The van der Waals surface area contributed by atoms with Gasteiger partial charge in [-0.05, 0) is 24.3 Å². The summed E-state index contributed by atoms with van der Waals surface area (Å²) in [5.74, 6) is -3.63. The van der Waals surface area contributed by atoms with Gasteiger partial charge in [0.25, 0.3) is 0 Å². The number of nitrogen functional groups attached to an aromatic ring is 1. The van der Waals surface area contributed by atoms with Crippen LogP contribution in [-0.4, -0.2) is 12.9 Å². The number of hydrogen-bond acceptors (Lipinski definition) is 3. The second kappa shape index (κ2) is 5.24. The van der Waals surface area contributed by atoms with Crippen molar-refractivity contribution < 1.29 is 22.7 Å². The maximum atomic E-state index is 13.8. The van der Waals surface area contributed by atoms with E-state index in [1.54, 1.807) is 0 Å². The summed E-state index contributed by atoms with van der Waals surface area (Å²) >= 11 is 0. The molecule has 2 aromatic rings. The van der Waals surface area contributed by atoms with Crippen molar-refractivity contribution in [3.05, 3.63) is 58.9 Å². The van der Waals surface area contributed by atoms with Crippen molar-refractivity contribution in [3.63, 3.8) is 0 Å². The molecule has 0 aliphatic carbocycles. The maximum absolute atomic E-state index is 13.8. The summed E-state index contributed by atoms with van der Waals surface area (Å²) in [6, 6.07) is 4.88. The van der Waals surface area contributed by atoms with Crippen LogP contribution in [0.15, 0.2) is 30.3 Å². The highest BCUT2D eigenvalue weighted by atomic mass is 19.1. The fourth-order valence-electron chi connectivity index (χ4n) is 1.73. The van der Waals surface area contributed by atoms with Gasteiger partial charge in [0.1, 0.15) is 17.4 Å². The molecule has 0 amide bonds. The number of nitrogens with two attached hydrogens (primary N) is 1. The van der Waals surface area contributed by atoms with Gasteiger partial charge in [-0.2, -0.15) is 0 Å². The van der Waals surface area contributed by atoms with E-state index in [2.05, 4.69) is 0 Å². The molecular formula is C14H10F3NO2. The van der Waals surface area contributed by atoms with E-state index in [1.165, 1.54) is 13.2 Å². The quantitative estimate of drug-likeness (QED) is 0.695. The number of anilines is 1. The van der Waals surface area contributed by atoms with E-state index in [0.717, 1.165) is 18.2 Å². The Hall–Kier alpha value is -2.50.